The fourth-order valence-electron chi connectivity index (χ4n) is 2.25. The van der Waals surface area contributed by atoms with Gasteiger partial charge in [0, 0.05) is 5.02 Å². The highest BCUT2D eigenvalue weighted by Crippen LogP contribution is 2.29. The maximum Gasteiger partial charge on any atom is 0.325 e. The predicted octanol–water partition coefficient (Wildman–Crippen LogP) is 3.99. The van der Waals surface area contributed by atoms with Crippen molar-refractivity contribution in [2.75, 3.05) is 6.61 Å². The standard InChI is InChI=1S/C18H19BrClNO4S/c1-3-25-18(22)17(16(19)13-6-8-14(20)9-7-13)21-26(23,24)15-10-4-12(2)5-11-15/h4-11,16-17,21H,3H2,1-2H3. The zero-order valence-electron chi connectivity index (χ0n) is 14.3. The topological polar surface area (TPSA) is 72.5 Å². The number of aryl methyl sites for hydroxylation is 1. The third kappa shape index (κ3) is 5.30. The summed E-state index contributed by atoms with van der Waals surface area (Å²) in [6.07, 6.45) is 0. The summed E-state index contributed by atoms with van der Waals surface area (Å²) >= 11 is 9.30. The Kier molecular flexibility index (Phi) is 7.23. The molecule has 2 atom stereocenters. The first-order valence-electron chi connectivity index (χ1n) is 7.89. The third-order valence-corrected chi connectivity index (χ3v) is 6.40. The number of esters is 1. The Hall–Kier alpha value is -1.41. The Labute approximate surface area is 166 Å². The number of alkyl halides is 1. The monoisotopic (exact) mass is 459 g/mol. The molecule has 2 aromatic rings. The number of hydrogen-bond acceptors (Lipinski definition) is 4. The summed E-state index contributed by atoms with van der Waals surface area (Å²) < 4.78 is 32.9. The van der Waals surface area contributed by atoms with Crippen LogP contribution in [0.2, 0.25) is 5.02 Å². The Balaban J connectivity index is 2.33. The molecule has 0 spiro atoms. The van der Waals surface area contributed by atoms with E-state index in [0.717, 1.165) is 5.56 Å². The van der Waals surface area contributed by atoms with Gasteiger partial charge in [-0.1, -0.05) is 57.4 Å². The van der Waals surface area contributed by atoms with Crippen LogP contribution in [0.15, 0.2) is 53.4 Å². The summed E-state index contributed by atoms with van der Waals surface area (Å²) in [5.41, 5.74) is 1.63. The number of rotatable bonds is 7. The number of nitrogens with one attached hydrogen (secondary N) is 1. The molecule has 2 aromatic carbocycles. The lowest BCUT2D eigenvalue weighted by atomic mass is 10.1. The minimum atomic E-state index is -3.91. The van der Waals surface area contributed by atoms with Gasteiger partial charge in [0.2, 0.25) is 10.0 Å². The van der Waals surface area contributed by atoms with Crippen LogP contribution in [0.5, 0.6) is 0 Å². The molecule has 5 nitrogen and oxygen atoms in total. The number of ether oxygens (including phenoxy) is 1. The van der Waals surface area contributed by atoms with Crippen molar-refractivity contribution in [3.63, 3.8) is 0 Å². The summed E-state index contributed by atoms with van der Waals surface area (Å²) in [6.45, 7) is 3.66. The van der Waals surface area contributed by atoms with Crippen LogP contribution >= 0.6 is 27.5 Å². The Morgan fingerprint density at radius 3 is 2.27 bits per heavy atom. The molecule has 8 heteroatoms. The molecule has 0 amide bonds. The van der Waals surface area contributed by atoms with Crippen molar-refractivity contribution < 1.29 is 17.9 Å². The highest BCUT2D eigenvalue weighted by atomic mass is 79.9. The highest BCUT2D eigenvalue weighted by Gasteiger charge is 2.33. The van der Waals surface area contributed by atoms with Gasteiger partial charge in [0.1, 0.15) is 6.04 Å². The van der Waals surface area contributed by atoms with Crippen molar-refractivity contribution in [2.45, 2.75) is 29.6 Å². The number of halogens is 2. The average molecular weight is 461 g/mol. The molecule has 140 valence electrons. The molecule has 0 aromatic heterocycles. The first kappa shape index (κ1) is 20.9. The lowest BCUT2D eigenvalue weighted by molar-refractivity contribution is -0.145. The van der Waals surface area contributed by atoms with Gasteiger partial charge < -0.3 is 4.74 Å². The lowest BCUT2D eigenvalue weighted by Gasteiger charge is -2.22. The Bertz CT molecular complexity index is 854. The van der Waals surface area contributed by atoms with Gasteiger partial charge in [-0.25, -0.2) is 8.42 Å². The summed E-state index contributed by atoms with van der Waals surface area (Å²) in [5, 5.41) is 0.543. The van der Waals surface area contributed by atoms with Crippen molar-refractivity contribution in [3.8, 4) is 0 Å². The number of carbonyl (C=O) groups is 1. The van der Waals surface area contributed by atoms with Crippen molar-refractivity contribution in [2.24, 2.45) is 0 Å². The summed E-state index contributed by atoms with van der Waals surface area (Å²) in [6, 6.07) is 12.0. The molecule has 2 rings (SSSR count). The zero-order chi connectivity index (χ0) is 19.3. The van der Waals surface area contributed by atoms with E-state index in [1.165, 1.54) is 12.1 Å². The van der Waals surface area contributed by atoms with Crippen molar-refractivity contribution in [1.82, 2.24) is 4.72 Å². The molecule has 0 fully saturated rings. The molecular weight excluding hydrogens is 442 g/mol. The molecule has 0 aliphatic carbocycles. The minimum Gasteiger partial charge on any atom is -0.465 e. The van der Waals surface area contributed by atoms with Crippen LogP contribution in [-0.4, -0.2) is 27.0 Å². The number of hydrogen-bond donors (Lipinski definition) is 1. The van der Waals surface area contributed by atoms with Crippen LogP contribution in [-0.2, 0) is 19.6 Å². The molecular formula is C18H19BrClNO4S. The van der Waals surface area contributed by atoms with Crippen LogP contribution in [0.25, 0.3) is 0 Å². The molecule has 0 saturated carbocycles. The fraction of sp³-hybridized carbons (Fsp3) is 0.278. The molecule has 0 heterocycles. The summed E-state index contributed by atoms with van der Waals surface area (Å²) in [5.74, 6) is -0.667. The quantitative estimate of drug-likeness (QED) is 0.501. The zero-order valence-corrected chi connectivity index (χ0v) is 17.4. The fourth-order valence-corrected chi connectivity index (χ4v) is 4.40. The van der Waals surface area contributed by atoms with E-state index in [9.17, 15) is 13.2 Å². The Morgan fingerprint density at radius 1 is 1.15 bits per heavy atom. The van der Waals surface area contributed by atoms with Gasteiger partial charge >= 0.3 is 5.97 Å². The van der Waals surface area contributed by atoms with Gasteiger partial charge in [-0.3, -0.25) is 4.79 Å². The highest BCUT2D eigenvalue weighted by molar-refractivity contribution is 9.09. The first-order chi connectivity index (χ1) is 12.2. The second kappa shape index (κ2) is 8.99. The first-order valence-corrected chi connectivity index (χ1v) is 10.7. The SMILES string of the molecule is CCOC(=O)C(NS(=O)(=O)c1ccc(C)cc1)C(Br)c1ccc(Cl)cc1. The van der Waals surface area contributed by atoms with E-state index in [0.29, 0.717) is 10.6 Å². The van der Waals surface area contributed by atoms with Crippen LogP contribution in [0.3, 0.4) is 0 Å². The maximum absolute atomic E-state index is 12.7. The molecule has 0 aliphatic rings. The number of sulfonamides is 1. The summed E-state index contributed by atoms with van der Waals surface area (Å²) in [7, 11) is -3.91. The van der Waals surface area contributed by atoms with E-state index in [1.54, 1.807) is 43.3 Å². The minimum absolute atomic E-state index is 0.0770. The normalized spacial score (nSPS) is 13.8. The van der Waals surface area contributed by atoms with Gasteiger partial charge in [0.15, 0.2) is 0 Å². The molecule has 0 bridgehead atoms. The summed E-state index contributed by atoms with van der Waals surface area (Å²) in [4.78, 5) is 11.8. The second-order valence-electron chi connectivity index (χ2n) is 5.62. The van der Waals surface area contributed by atoms with Gasteiger partial charge in [-0.15, -0.1) is 0 Å². The third-order valence-electron chi connectivity index (χ3n) is 3.64. The van der Waals surface area contributed by atoms with Crippen LogP contribution in [0.1, 0.15) is 22.9 Å². The maximum atomic E-state index is 12.7. The average Bonchev–Trinajstić information content (AvgIpc) is 2.60. The van der Waals surface area contributed by atoms with E-state index in [4.69, 9.17) is 16.3 Å². The van der Waals surface area contributed by atoms with Crippen molar-refractivity contribution in [1.29, 1.82) is 0 Å². The van der Waals surface area contributed by atoms with E-state index < -0.39 is 26.9 Å². The molecule has 0 aliphatic heterocycles. The van der Waals surface area contributed by atoms with E-state index in [-0.39, 0.29) is 11.5 Å². The van der Waals surface area contributed by atoms with Crippen LogP contribution in [0.4, 0.5) is 0 Å². The number of carbonyl (C=O) groups excluding carboxylic acids is 1. The molecule has 26 heavy (non-hydrogen) atoms. The van der Waals surface area contributed by atoms with E-state index in [1.807, 2.05) is 6.92 Å². The largest absolute Gasteiger partial charge is 0.465 e. The molecule has 2 unspecified atom stereocenters. The molecule has 0 saturated heterocycles. The van der Waals surface area contributed by atoms with Gasteiger partial charge in [0.05, 0.1) is 16.3 Å². The van der Waals surface area contributed by atoms with E-state index in [2.05, 4.69) is 20.7 Å². The second-order valence-corrected chi connectivity index (χ2v) is 8.75. The van der Waals surface area contributed by atoms with Gasteiger partial charge in [0.25, 0.3) is 0 Å². The predicted molar refractivity (Wildman–Crippen MR) is 105 cm³/mol. The molecule has 1 N–H and O–H groups in total. The Morgan fingerprint density at radius 2 is 1.73 bits per heavy atom. The molecule has 0 radical (unpaired) electrons. The van der Waals surface area contributed by atoms with Crippen molar-refractivity contribution in [3.05, 3.63) is 64.7 Å². The van der Waals surface area contributed by atoms with Gasteiger partial charge in [-0.2, -0.15) is 4.72 Å². The van der Waals surface area contributed by atoms with Crippen LogP contribution in [0, 0.1) is 6.92 Å². The lowest BCUT2D eigenvalue weighted by Crippen LogP contribution is -2.44. The van der Waals surface area contributed by atoms with Crippen LogP contribution < -0.4 is 4.72 Å². The van der Waals surface area contributed by atoms with E-state index >= 15 is 0 Å². The van der Waals surface area contributed by atoms with Gasteiger partial charge in [-0.05, 0) is 43.7 Å². The van der Waals surface area contributed by atoms with Crippen molar-refractivity contribution >= 4 is 43.5 Å². The number of benzene rings is 2. The smallest absolute Gasteiger partial charge is 0.325 e.